The number of hydrogen-bond donors (Lipinski definition) is 3. The molecule has 27 heavy (non-hydrogen) atoms. The van der Waals surface area contributed by atoms with Crippen LogP contribution in [0.4, 0.5) is 24.5 Å². The molecular formula is C18H16F3IN2O3. The molecule has 1 aliphatic carbocycles. The van der Waals surface area contributed by atoms with Crippen molar-refractivity contribution in [3.05, 3.63) is 56.9 Å². The minimum Gasteiger partial charge on any atom is -0.390 e. The second-order valence-corrected chi connectivity index (χ2v) is 7.53. The van der Waals surface area contributed by atoms with Gasteiger partial charge in [0.15, 0.2) is 11.6 Å². The predicted octanol–water partition coefficient (Wildman–Crippen LogP) is 4.03. The van der Waals surface area contributed by atoms with E-state index in [1.807, 2.05) is 22.6 Å². The number of carbonyl (C=O) groups excluding carboxylic acids is 1. The number of aliphatic hydroxyl groups is 1. The molecule has 1 fully saturated rings. The number of nitrogens with one attached hydrogen (secondary N) is 2. The molecule has 0 radical (unpaired) electrons. The summed E-state index contributed by atoms with van der Waals surface area (Å²) in [6.07, 6.45) is 1.72. The molecule has 2 aromatic carbocycles. The van der Waals surface area contributed by atoms with Gasteiger partial charge in [-0.2, -0.15) is 0 Å². The molecule has 1 saturated carbocycles. The molecular weight excluding hydrogens is 476 g/mol. The van der Waals surface area contributed by atoms with E-state index in [4.69, 9.17) is 4.84 Å². The van der Waals surface area contributed by atoms with Crippen LogP contribution >= 0.6 is 22.6 Å². The van der Waals surface area contributed by atoms with Crippen LogP contribution in [0.3, 0.4) is 0 Å². The summed E-state index contributed by atoms with van der Waals surface area (Å²) in [4.78, 5) is 17.3. The molecule has 0 bridgehead atoms. The van der Waals surface area contributed by atoms with Crippen LogP contribution in [0.15, 0.2) is 30.3 Å². The zero-order chi connectivity index (χ0) is 19.6. The average Bonchev–Trinajstić information content (AvgIpc) is 3.35. The topological polar surface area (TPSA) is 70.6 Å². The van der Waals surface area contributed by atoms with E-state index in [0.29, 0.717) is 22.8 Å². The van der Waals surface area contributed by atoms with Crippen molar-refractivity contribution >= 4 is 39.9 Å². The SMILES string of the molecule is O=C(NOCCC1(O)CC1)c1ccc(F)c(F)c1Nc1ccc(I)cc1F. The number of rotatable bonds is 7. The third kappa shape index (κ3) is 4.90. The fourth-order valence-corrected chi connectivity index (χ4v) is 2.85. The van der Waals surface area contributed by atoms with Crippen molar-refractivity contribution in [3.63, 3.8) is 0 Å². The van der Waals surface area contributed by atoms with Crippen LogP contribution < -0.4 is 10.8 Å². The van der Waals surface area contributed by atoms with Crippen LogP contribution in [0.5, 0.6) is 0 Å². The molecule has 0 aromatic heterocycles. The molecule has 0 unspecified atom stereocenters. The Balaban J connectivity index is 1.76. The summed E-state index contributed by atoms with van der Waals surface area (Å²) in [5.41, 5.74) is 0.526. The van der Waals surface area contributed by atoms with Gasteiger partial charge in [-0.05, 0) is 65.8 Å². The van der Waals surface area contributed by atoms with Crippen molar-refractivity contribution in [3.8, 4) is 0 Å². The second kappa shape index (κ2) is 8.03. The molecule has 1 amide bonds. The van der Waals surface area contributed by atoms with Crippen LogP contribution in [0.1, 0.15) is 29.6 Å². The Morgan fingerprint density at radius 2 is 1.93 bits per heavy atom. The van der Waals surface area contributed by atoms with E-state index < -0.39 is 34.6 Å². The quantitative estimate of drug-likeness (QED) is 0.310. The number of anilines is 2. The van der Waals surface area contributed by atoms with Gasteiger partial charge in [-0.25, -0.2) is 18.7 Å². The smallest absolute Gasteiger partial charge is 0.277 e. The van der Waals surface area contributed by atoms with Crippen molar-refractivity contribution in [1.29, 1.82) is 0 Å². The van der Waals surface area contributed by atoms with E-state index >= 15 is 0 Å². The fourth-order valence-electron chi connectivity index (χ4n) is 2.39. The molecule has 0 spiro atoms. The van der Waals surface area contributed by atoms with Gasteiger partial charge in [0, 0.05) is 9.99 Å². The van der Waals surface area contributed by atoms with Crippen molar-refractivity contribution in [2.45, 2.75) is 24.9 Å². The molecule has 1 aliphatic rings. The van der Waals surface area contributed by atoms with Crippen molar-refractivity contribution in [2.75, 3.05) is 11.9 Å². The highest BCUT2D eigenvalue weighted by molar-refractivity contribution is 14.1. The van der Waals surface area contributed by atoms with Gasteiger partial charge in [0.05, 0.1) is 29.1 Å². The van der Waals surface area contributed by atoms with Gasteiger partial charge in [0.2, 0.25) is 0 Å². The zero-order valence-electron chi connectivity index (χ0n) is 14.0. The molecule has 0 heterocycles. The highest BCUT2D eigenvalue weighted by atomic mass is 127. The van der Waals surface area contributed by atoms with E-state index in [0.717, 1.165) is 12.1 Å². The lowest BCUT2D eigenvalue weighted by Gasteiger charge is -2.15. The Bertz CT molecular complexity index is 875. The number of benzene rings is 2. The van der Waals surface area contributed by atoms with E-state index in [1.165, 1.54) is 12.1 Å². The summed E-state index contributed by atoms with van der Waals surface area (Å²) in [6.45, 7) is 0.0699. The zero-order valence-corrected chi connectivity index (χ0v) is 16.1. The highest BCUT2D eigenvalue weighted by Gasteiger charge is 2.39. The first-order valence-corrected chi connectivity index (χ1v) is 9.21. The average molecular weight is 492 g/mol. The van der Waals surface area contributed by atoms with Gasteiger partial charge in [-0.3, -0.25) is 9.63 Å². The van der Waals surface area contributed by atoms with Crippen LogP contribution in [-0.4, -0.2) is 23.2 Å². The minimum atomic E-state index is -1.31. The van der Waals surface area contributed by atoms with Crippen LogP contribution in [-0.2, 0) is 4.84 Å². The highest BCUT2D eigenvalue weighted by Crippen LogP contribution is 2.38. The maximum absolute atomic E-state index is 14.3. The summed E-state index contributed by atoms with van der Waals surface area (Å²) in [7, 11) is 0. The summed E-state index contributed by atoms with van der Waals surface area (Å²) in [5, 5.41) is 12.1. The second-order valence-electron chi connectivity index (χ2n) is 6.29. The normalized spacial score (nSPS) is 14.7. The summed E-state index contributed by atoms with van der Waals surface area (Å²) in [5.74, 6) is -4.00. The van der Waals surface area contributed by atoms with E-state index in [9.17, 15) is 23.1 Å². The Hall–Kier alpha value is -1.85. The lowest BCUT2D eigenvalue weighted by Crippen LogP contribution is -2.27. The third-order valence-corrected chi connectivity index (χ3v) is 4.86. The Kier molecular flexibility index (Phi) is 5.92. The number of hydroxylamine groups is 1. The first-order chi connectivity index (χ1) is 12.8. The molecule has 2 aromatic rings. The number of amides is 1. The standard InChI is InChI=1S/C18H16F3IN2O3/c19-12-3-2-11(17(25)24-27-8-7-18(26)5-6-18)16(15(12)21)23-14-4-1-10(22)9-13(14)20/h1-4,9,23,26H,5-8H2,(H,24,25). The van der Waals surface area contributed by atoms with Gasteiger partial charge in [0.25, 0.3) is 5.91 Å². The molecule has 3 rings (SSSR count). The summed E-state index contributed by atoms with van der Waals surface area (Å²) >= 11 is 1.91. The van der Waals surface area contributed by atoms with Gasteiger partial charge in [-0.1, -0.05) is 0 Å². The monoisotopic (exact) mass is 492 g/mol. The number of carbonyl (C=O) groups is 1. The summed E-state index contributed by atoms with van der Waals surface area (Å²) in [6, 6.07) is 6.02. The predicted molar refractivity (Wildman–Crippen MR) is 101 cm³/mol. The van der Waals surface area contributed by atoms with E-state index in [-0.39, 0.29) is 17.9 Å². The van der Waals surface area contributed by atoms with Crippen molar-refractivity contribution in [1.82, 2.24) is 5.48 Å². The van der Waals surface area contributed by atoms with Crippen molar-refractivity contribution in [2.24, 2.45) is 0 Å². The molecule has 0 saturated heterocycles. The molecule has 3 N–H and O–H groups in total. The minimum absolute atomic E-state index is 0.0699. The van der Waals surface area contributed by atoms with Gasteiger partial charge in [-0.15, -0.1) is 0 Å². The Morgan fingerprint density at radius 1 is 1.19 bits per heavy atom. The Morgan fingerprint density at radius 3 is 2.59 bits per heavy atom. The maximum atomic E-state index is 14.3. The van der Waals surface area contributed by atoms with Crippen LogP contribution in [0.25, 0.3) is 0 Å². The van der Waals surface area contributed by atoms with Crippen molar-refractivity contribution < 1.29 is 27.9 Å². The van der Waals surface area contributed by atoms with E-state index in [1.54, 1.807) is 6.07 Å². The van der Waals surface area contributed by atoms with E-state index in [2.05, 4.69) is 10.8 Å². The lowest BCUT2D eigenvalue weighted by molar-refractivity contribution is 0.0120. The van der Waals surface area contributed by atoms with Gasteiger partial charge < -0.3 is 10.4 Å². The Labute approximate surface area is 167 Å². The number of halogens is 4. The molecule has 5 nitrogen and oxygen atoms in total. The molecule has 9 heteroatoms. The van der Waals surface area contributed by atoms with Gasteiger partial charge in [0.1, 0.15) is 5.82 Å². The lowest BCUT2D eigenvalue weighted by atomic mass is 10.1. The maximum Gasteiger partial charge on any atom is 0.277 e. The molecule has 0 aliphatic heterocycles. The fraction of sp³-hybridized carbons (Fsp3) is 0.278. The van der Waals surface area contributed by atoms with Crippen LogP contribution in [0, 0.1) is 21.0 Å². The first kappa shape index (κ1) is 19.9. The third-order valence-electron chi connectivity index (χ3n) is 4.19. The summed E-state index contributed by atoms with van der Waals surface area (Å²) < 4.78 is 42.5. The molecule has 0 atom stereocenters. The largest absolute Gasteiger partial charge is 0.390 e. The first-order valence-electron chi connectivity index (χ1n) is 8.14. The molecule has 144 valence electrons. The number of hydrogen-bond acceptors (Lipinski definition) is 4. The van der Waals surface area contributed by atoms with Crippen LogP contribution in [0.2, 0.25) is 0 Å². The van der Waals surface area contributed by atoms with Gasteiger partial charge >= 0.3 is 0 Å².